The zero-order valence-electron chi connectivity index (χ0n) is 26.6. The third-order valence-corrected chi connectivity index (χ3v) is 10.1. The topological polar surface area (TPSA) is 21.9 Å². The van der Waals surface area contributed by atoms with Crippen LogP contribution in [0.25, 0.3) is 45.2 Å². The molecular weight excluding hydrogens is 524 g/mol. The largest absolute Gasteiger partial charge is 0.459 e. The van der Waals surface area contributed by atoms with Gasteiger partial charge in [0.15, 0.2) is 11.3 Å². The quantitative estimate of drug-likeness (QED) is 0.194. The summed E-state index contributed by atoms with van der Waals surface area (Å²) >= 11 is 0. The highest BCUT2D eigenvalue weighted by Gasteiger charge is 2.43. The lowest BCUT2D eigenvalue weighted by Gasteiger charge is -2.22. The van der Waals surface area contributed by atoms with Crippen LogP contribution in [0.2, 0.25) is 0 Å². The molecular formula is C40H43N2O+. The Morgan fingerprint density at radius 3 is 2.30 bits per heavy atom. The van der Waals surface area contributed by atoms with Crippen molar-refractivity contribution in [3.63, 3.8) is 0 Å². The zero-order chi connectivity index (χ0) is 29.6. The molecule has 0 saturated heterocycles. The number of hydrogen-bond donors (Lipinski definition) is 0. The minimum absolute atomic E-state index is 0.113. The Bertz CT molecular complexity index is 1920. The average molecular weight is 568 g/mol. The third kappa shape index (κ3) is 4.04. The Labute approximate surface area is 255 Å². The molecule has 0 amide bonds. The molecule has 0 fully saturated rings. The first-order valence-electron chi connectivity index (χ1n) is 16.4. The fourth-order valence-corrected chi connectivity index (χ4v) is 7.97. The summed E-state index contributed by atoms with van der Waals surface area (Å²) in [4.78, 5) is 0. The molecule has 3 heteroatoms. The zero-order valence-corrected chi connectivity index (χ0v) is 26.6. The van der Waals surface area contributed by atoms with Gasteiger partial charge in [-0.1, -0.05) is 96.2 Å². The second-order valence-corrected chi connectivity index (χ2v) is 14.4. The molecule has 0 atom stereocenters. The second-order valence-electron chi connectivity index (χ2n) is 14.4. The number of aromatic nitrogens is 2. The van der Waals surface area contributed by atoms with E-state index in [4.69, 9.17) is 4.42 Å². The Hall–Kier alpha value is -3.85. The smallest absolute Gasteiger partial charge is 0.299 e. The van der Waals surface area contributed by atoms with Crippen molar-refractivity contribution in [1.29, 1.82) is 0 Å². The molecule has 2 aliphatic carbocycles. The van der Waals surface area contributed by atoms with Crippen molar-refractivity contribution in [2.75, 3.05) is 0 Å². The number of hydrogen-bond acceptors (Lipinski definition) is 1. The lowest BCUT2D eigenvalue weighted by atomic mass is 9.82. The van der Waals surface area contributed by atoms with Crippen LogP contribution in [-0.4, -0.2) is 4.57 Å². The van der Waals surface area contributed by atoms with Crippen LogP contribution in [0.4, 0.5) is 0 Å². The Balaban J connectivity index is 1.45. The fraction of sp³-hybridized carbons (Fsp3) is 0.375. The number of nitrogens with zero attached hydrogens (tertiary/aromatic N) is 2. The maximum absolute atomic E-state index is 6.90. The van der Waals surface area contributed by atoms with Crippen molar-refractivity contribution in [2.24, 2.45) is 5.41 Å². The molecule has 3 heterocycles. The maximum atomic E-state index is 6.90. The highest BCUT2D eigenvalue weighted by atomic mass is 16.3. The fourth-order valence-electron chi connectivity index (χ4n) is 7.97. The van der Waals surface area contributed by atoms with Gasteiger partial charge in [0.1, 0.15) is 29.2 Å². The summed E-state index contributed by atoms with van der Waals surface area (Å²) in [6, 6.07) is 20.5. The molecule has 2 aromatic heterocycles. The minimum Gasteiger partial charge on any atom is -0.459 e. The molecule has 0 saturated carbocycles. The predicted octanol–water partition coefficient (Wildman–Crippen LogP) is 9.93. The molecule has 3 nitrogen and oxygen atoms in total. The average Bonchev–Trinajstić information content (AvgIpc) is 3.64. The van der Waals surface area contributed by atoms with E-state index in [9.17, 15) is 0 Å². The van der Waals surface area contributed by atoms with Crippen molar-refractivity contribution in [1.82, 2.24) is 4.57 Å². The molecule has 218 valence electrons. The number of allylic oxidation sites excluding steroid dienone is 1. The van der Waals surface area contributed by atoms with Gasteiger partial charge in [-0.05, 0) is 53.4 Å². The first-order chi connectivity index (χ1) is 20.7. The van der Waals surface area contributed by atoms with E-state index in [1.54, 1.807) is 0 Å². The Morgan fingerprint density at radius 2 is 1.58 bits per heavy atom. The highest BCUT2D eigenvalue weighted by Crippen LogP contribution is 2.46. The van der Waals surface area contributed by atoms with E-state index in [0.29, 0.717) is 11.8 Å². The van der Waals surface area contributed by atoms with Crippen molar-refractivity contribution in [3.8, 4) is 28.2 Å². The van der Waals surface area contributed by atoms with Gasteiger partial charge in [-0.3, -0.25) is 0 Å². The second kappa shape index (κ2) is 9.58. The lowest BCUT2D eigenvalue weighted by Crippen LogP contribution is -2.36. The predicted molar refractivity (Wildman–Crippen MR) is 177 cm³/mol. The van der Waals surface area contributed by atoms with Gasteiger partial charge in [-0.25, -0.2) is 4.57 Å². The van der Waals surface area contributed by atoms with Crippen LogP contribution in [0.3, 0.4) is 0 Å². The summed E-state index contributed by atoms with van der Waals surface area (Å²) < 4.78 is 12.3. The van der Waals surface area contributed by atoms with Gasteiger partial charge in [0.05, 0.1) is 0 Å². The summed E-state index contributed by atoms with van der Waals surface area (Å²) in [5.41, 5.74) is 15.1. The molecule has 3 aromatic carbocycles. The SMILES string of the molecule is CC(C)c1cc(-c2ccccc2)cc(C(C)C)c1-n1c2c([n+]3c1-c1c(ccc4c5c(oc14)CC(C)(C)C=C5)C3)CCCC2. The van der Waals surface area contributed by atoms with Crippen LogP contribution < -0.4 is 4.57 Å². The number of imidazole rings is 1. The van der Waals surface area contributed by atoms with Gasteiger partial charge in [-0.2, -0.15) is 4.57 Å². The van der Waals surface area contributed by atoms with Crippen molar-refractivity contribution < 1.29 is 8.98 Å². The number of rotatable bonds is 4. The van der Waals surface area contributed by atoms with Gasteiger partial charge < -0.3 is 4.42 Å². The molecule has 8 rings (SSSR count). The molecule has 3 aliphatic rings. The van der Waals surface area contributed by atoms with Gasteiger partial charge in [0.2, 0.25) is 0 Å². The minimum atomic E-state index is 0.113. The number of benzene rings is 3. The molecule has 5 aromatic rings. The van der Waals surface area contributed by atoms with E-state index in [1.165, 1.54) is 80.1 Å². The molecule has 0 radical (unpaired) electrons. The first-order valence-corrected chi connectivity index (χ1v) is 16.4. The van der Waals surface area contributed by atoms with Crippen LogP contribution in [0.1, 0.15) is 106 Å². The van der Waals surface area contributed by atoms with Crippen LogP contribution in [0.15, 0.2) is 65.1 Å². The molecule has 43 heavy (non-hydrogen) atoms. The van der Waals surface area contributed by atoms with Gasteiger partial charge in [0.25, 0.3) is 5.82 Å². The summed E-state index contributed by atoms with van der Waals surface area (Å²) in [6.07, 6.45) is 10.4. The molecule has 0 bridgehead atoms. The van der Waals surface area contributed by atoms with Gasteiger partial charge in [-0.15, -0.1) is 0 Å². The van der Waals surface area contributed by atoms with E-state index in [2.05, 4.69) is 117 Å². The van der Waals surface area contributed by atoms with Crippen LogP contribution in [0.5, 0.6) is 0 Å². The highest BCUT2D eigenvalue weighted by molar-refractivity contribution is 5.99. The van der Waals surface area contributed by atoms with Crippen molar-refractivity contribution in [2.45, 2.75) is 92.0 Å². The monoisotopic (exact) mass is 567 g/mol. The summed E-state index contributed by atoms with van der Waals surface area (Å²) in [5, 5.41) is 1.26. The van der Waals surface area contributed by atoms with Crippen molar-refractivity contribution >= 4 is 17.0 Å². The molecule has 0 spiro atoms. The van der Waals surface area contributed by atoms with E-state index in [1.807, 2.05) is 0 Å². The normalized spacial score (nSPS) is 16.6. The number of fused-ring (bicyclic) bond motifs is 9. The maximum Gasteiger partial charge on any atom is 0.299 e. The summed E-state index contributed by atoms with van der Waals surface area (Å²) in [5.74, 6) is 3.24. The Kier molecular flexibility index (Phi) is 5.96. The molecule has 1 aliphatic heterocycles. The van der Waals surface area contributed by atoms with E-state index in [-0.39, 0.29) is 5.41 Å². The van der Waals surface area contributed by atoms with Crippen LogP contribution >= 0.6 is 0 Å². The van der Waals surface area contributed by atoms with Gasteiger partial charge >= 0.3 is 0 Å². The van der Waals surface area contributed by atoms with Gasteiger partial charge in [0, 0.05) is 46.9 Å². The lowest BCUT2D eigenvalue weighted by molar-refractivity contribution is -0.678. The van der Waals surface area contributed by atoms with Crippen LogP contribution in [0, 0.1) is 5.41 Å². The van der Waals surface area contributed by atoms with Crippen LogP contribution in [-0.2, 0) is 25.8 Å². The standard InChI is InChI=1S/C40H43N2O/c1-24(2)31-20-28(26-12-8-7-9-13-26)21-32(25(3)4)37(31)42-34-15-11-10-14-33(34)41-23-27-16-17-30-29-18-19-40(5,6)22-35(29)43-38(30)36(27)39(41)42/h7-9,12-13,16-21,24-25H,10-11,14-15,22-23H2,1-6H3/q+1. The van der Waals surface area contributed by atoms with E-state index in [0.717, 1.165) is 37.2 Å². The van der Waals surface area contributed by atoms with Crippen molar-refractivity contribution in [3.05, 3.63) is 100 Å². The van der Waals surface area contributed by atoms with E-state index >= 15 is 0 Å². The summed E-state index contributed by atoms with van der Waals surface area (Å²) in [7, 11) is 0. The number of furan rings is 1. The van der Waals surface area contributed by atoms with E-state index < -0.39 is 0 Å². The Morgan fingerprint density at radius 1 is 0.860 bits per heavy atom. The molecule has 0 unspecified atom stereocenters. The third-order valence-electron chi connectivity index (χ3n) is 10.1. The summed E-state index contributed by atoms with van der Waals surface area (Å²) in [6.45, 7) is 15.0. The first kappa shape index (κ1) is 26.8. The molecule has 0 N–H and O–H groups in total.